The zero-order valence-electron chi connectivity index (χ0n) is 19.6. The van der Waals surface area contributed by atoms with Crippen LogP contribution in [0.15, 0.2) is 52.4 Å². The van der Waals surface area contributed by atoms with Crippen LogP contribution in [-0.2, 0) is 26.1 Å². The van der Waals surface area contributed by atoms with Gasteiger partial charge in [0.1, 0.15) is 17.8 Å². The van der Waals surface area contributed by atoms with E-state index >= 15 is 0 Å². The maximum Gasteiger partial charge on any atom is 0.325 e. The predicted octanol–water partition coefficient (Wildman–Crippen LogP) is 3.19. The predicted molar refractivity (Wildman–Crippen MR) is 132 cm³/mol. The van der Waals surface area contributed by atoms with Crippen LogP contribution in [0, 0.1) is 0 Å². The summed E-state index contributed by atoms with van der Waals surface area (Å²) in [7, 11) is -2.30. The van der Waals surface area contributed by atoms with E-state index in [4.69, 9.17) is 9.47 Å². The van der Waals surface area contributed by atoms with E-state index in [1.165, 1.54) is 47.0 Å². The second-order valence-corrected chi connectivity index (χ2v) is 10.9. The van der Waals surface area contributed by atoms with E-state index in [0.717, 1.165) is 24.0 Å². The van der Waals surface area contributed by atoms with Crippen molar-refractivity contribution in [2.75, 3.05) is 26.8 Å². The molecule has 35 heavy (non-hydrogen) atoms. The minimum atomic E-state index is -3.59. The van der Waals surface area contributed by atoms with Crippen molar-refractivity contribution in [2.45, 2.75) is 37.6 Å². The van der Waals surface area contributed by atoms with Crippen molar-refractivity contribution in [1.29, 1.82) is 0 Å². The molecule has 0 atom stereocenters. The minimum Gasteiger partial charge on any atom is -0.492 e. The van der Waals surface area contributed by atoms with Crippen molar-refractivity contribution in [3.8, 4) is 5.75 Å². The van der Waals surface area contributed by atoms with Crippen LogP contribution in [-0.4, -0.2) is 56.0 Å². The van der Waals surface area contributed by atoms with Gasteiger partial charge in [0.2, 0.25) is 10.0 Å². The number of piperidine rings is 1. The molecular weight excluding hydrogens is 490 g/mol. The molecule has 1 aromatic heterocycles. The summed E-state index contributed by atoms with van der Waals surface area (Å²) in [5.41, 5.74) is 0.897. The maximum atomic E-state index is 13.0. The van der Waals surface area contributed by atoms with E-state index in [9.17, 15) is 18.0 Å². The van der Waals surface area contributed by atoms with Gasteiger partial charge in [0.15, 0.2) is 4.80 Å². The smallest absolute Gasteiger partial charge is 0.325 e. The lowest BCUT2D eigenvalue weighted by Crippen LogP contribution is -2.35. The average Bonchev–Trinajstić information content (AvgIpc) is 3.22. The minimum absolute atomic E-state index is 0.139. The van der Waals surface area contributed by atoms with Crippen LogP contribution in [0.3, 0.4) is 0 Å². The van der Waals surface area contributed by atoms with Gasteiger partial charge in [0.25, 0.3) is 5.91 Å². The third-order valence-electron chi connectivity index (χ3n) is 5.73. The number of sulfonamides is 1. The molecule has 0 unspecified atom stereocenters. The van der Waals surface area contributed by atoms with Crippen molar-refractivity contribution < 1.29 is 27.5 Å². The van der Waals surface area contributed by atoms with Gasteiger partial charge >= 0.3 is 5.97 Å². The summed E-state index contributed by atoms with van der Waals surface area (Å²) in [5, 5.41) is 0. The number of ether oxygens (including phenoxy) is 2. The van der Waals surface area contributed by atoms with Gasteiger partial charge < -0.3 is 14.0 Å². The fraction of sp³-hybridized carbons (Fsp3) is 0.375. The second kappa shape index (κ2) is 10.7. The van der Waals surface area contributed by atoms with Crippen molar-refractivity contribution in [3.63, 3.8) is 0 Å². The first-order valence-corrected chi connectivity index (χ1v) is 13.6. The Hall–Kier alpha value is -3.02. The van der Waals surface area contributed by atoms with Gasteiger partial charge in [-0.05, 0) is 56.2 Å². The summed E-state index contributed by atoms with van der Waals surface area (Å²) in [6.07, 6.45) is 2.72. The normalized spacial score (nSPS) is 15.3. The number of carbonyl (C=O) groups excluding carboxylic acids is 2. The van der Waals surface area contributed by atoms with Gasteiger partial charge in [-0.15, -0.1) is 0 Å². The Labute approximate surface area is 207 Å². The summed E-state index contributed by atoms with van der Waals surface area (Å²) in [6, 6.07) is 11.3. The van der Waals surface area contributed by atoms with Gasteiger partial charge in [-0.3, -0.25) is 9.59 Å². The fourth-order valence-electron chi connectivity index (χ4n) is 3.97. The summed E-state index contributed by atoms with van der Waals surface area (Å²) in [5.74, 6) is -0.460. The standard InChI is InChI=1S/C24H27N3O6S2/c1-3-33-19-8-7-9-20-22(19)27(16-21(28)32-2)24(34-20)25-23(29)17-10-12-18(13-11-17)35(30,31)26-14-5-4-6-15-26/h7-13H,3-6,14-16H2,1-2H3. The lowest BCUT2D eigenvalue weighted by Gasteiger charge is -2.25. The van der Waals surface area contributed by atoms with Crippen molar-refractivity contribution in [3.05, 3.63) is 52.8 Å². The number of thiazole rings is 1. The van der Waals surface area contributed by atoms with Crippen LogP contribution in [0.4, 0.5) is 0 Å². The Balaban J connectivity index is 1.70. The molecule has 1 aliphatic heterocycles. The molecule has 1 fully saturated rings. The quantitative estimate of drug-likeness (QED) is 0.446. The molecule has 4 rings (SSSR count). The molecule has 11 heteroatoms. The van der Waals surface area contributed by atoms with Gasteiger partial charge in [0.05, 0.1) is 23.3 Å². The molecular formula is C24H27N3O6S2. The fourth-order valence-corrected chi connectivity index (χ4v) is 6.53. The molecule has 0 aliphatic carbocycles. The van der Waals surface area contributed by atoms with Crippen LogP contribution < -0.4 is 9.54 Å². The van der Waals surface area contributed by atoms with E-state index in [1.807, 2.05) is 19.1 Å². The first-order chi connectivity index (χ1) is 16.8. The maximum absolute atomic E-state index is 13.0. The Morgan fingerprint density at radius 2 is 1.77 bits per heavy atom. The molecule has 0 N–H and O–H groups in total. The van der Waals surface area contributed by atoms with Crippen molar-refractivity contribution >= 4 is 43.5 Å². The van der Waals surface area contributed by atoms with Crippen LogP contribution in [0.1, 0.15) is 36.5 Å². The van der Waals surface area contributed by atoms with E-state index in [1.54, 1.807) is 10.6 Å². The van der Waals surface area contributed by atoms with E-state index in [0.29, 0.717) is 35.8 Å². The molecule has 9 nitrogen and oxygen atoms in total. The summed E-state index contributed by atoms with van der Waals surface area (Å²) in [4.78, 5) is 29.8. The highest BCUT2D eigenvalue weighted by Crippen LogP contribution is 2.28. The number of para-hydroxylation sites is 1. The highest BCUT2D eigenvalue weighted by Gasteiger charge is 2.26. The SMILES string of the molecule is CCOc1cccc2sc(=NC(=O)c3ccc(S(=O)(=O)N4CCCCC4)cc3)n(CC(=O)OC)c12. The Bertz CT molecular complexity index is 1400. The van der Waals surface area contributed by atoms with Crippen LogP contribution >= 0.6 is 11.3 Å². The summed E-state index contributed by atoms with van der Waals surface area (Å²) in [6.45, 7) is 3.17. The van der Waals surface area contributed by atoms with Crippen molar-refractivity contribution in [1.82, 2.24) is 8.87 Å². The largest absolute Gasteiger partial charge is 0.492 e. The monoisotopic (exact) mass is 517 g/mol. The number of rotatable bonds is 7. The van der Waals surface area contributed by atoms with Crippen LogP contribution in [0.5, 0.6) is 5.75 Å². The number of nitrogens with zero attached hydrogens (tertiary/aromatic N) is 3. The number of methoxy groups -OCH3 is 1. The number of benzene rings is 2. The van der Waals surface area contributed by atoms with Gasteiger partial charge in [-0.1, -0.05) is 23.8 Å². The number of carbonyl (C=O) groups is 2. The zero-order valence-corrected chi connectivity index (χ0v) is 21.2. The van der Waals surface area contributed by atoms with Crippen LogP contribution in [0.25, 0.3) is 10.2 Å². The lowest BCUT2D eigenvalue weighted by atomic mass is 10.2. The van der Waals surface area contributed by atoms with Crippen molar-refractivity contribution in [2.24, 2.45) is 4.99 Å². The number of hydrogen-bond acceptors (Lipinski definition) is 7. The molecule has 0 bridgehead atoms. The number of hydrogen-bond donors (Lipinski definition) is 0. The molecule has 0 spiro atoms. The average molecular weight is 518 g/mol. The third kappa shape index (κ3) is 5.31. The number of amides is 1. The molecule has 1 aliphatic rings. The number of aromatic nitrogens is 1. The highest BCUT2D eigenvalue weighted by atomic mass is 32.2. The van der Waals surface area contributed by atoms with Gasteiger partial charge in [-0.2, -0.15) is 9.30 Å². The molecule has 0 radical (unpaired) electrons. The van der Waals surface area contributed by atoms with Gasteiger partial charge in [0, 0.05) is 18.7 Å². The van der Waals surface area contributed by atoms with E-state index in [-0.39, 0.29) is 17.0 Å². The first kappa shape index (κ1) is 25.1. The Kier molecular flexibility index (Phi) is 7.68. The molecule has 2 heterocycles. The molecule has 1 saturated heterocycles. The van der Waals surface area contributed by atoms with E-state index in [2.05, 4.69) is 4.99 Å². The zero-order chi connectivity index (χ0) is 25.0. The molecule has 2 aromatic carbocycles. The first-order valence-electron chi connectivity index (χ1n) is 11.4. The summed E-state index contributed by atoms with van der Waals surface area (Å²) >= 11 is 1.25. The second-order valence-electron chi connectivity index (χ2n) is 7.99. The Morgan fingerprint density at radius 1 is 1.06 bits per heavy atom. The number of esters is 1. The molecule has 1 amide bonds. The molecule has 0 saturated carbocycles. The lowest BCUT2D eigenvalue weighted by molar-refractivity contribution is -0.141. The highest BCUT2D eigenvalue weighted by molar-refractivity contribution is 7.89. The molecule has 186 valence electrons. The van der Waals surface area contributed by atoms with Gasteiger partial charge in [-0.25, -0.2) is 8.42 Å². The topological polar surface area (TPSA) is 107 Å². The Morgan fingerprint density at radius 3 is 2.43 bits per heavy atom. The van der Waals surface area contributed by atoms with E-state index < -0.39 is 21.9 Å². The molecule has 3 aromatic rings. The number of fused-ring (bicyclic) bond motifs is 1. The third-order valence-corrected chi connectivity index (χ3v) is 8.69. The van der Waals surface area contributed by atoms with Crippen LogP contribution in [0.2, 0.25) is 0 Å². The summed E-state index contributed by atoms with van der Waals surface area (Å²) < 4.78 is 40.2.